The maximum absolute atomic E-state index is 13.9. The third kappa shape index (κ3) is 3.42. The van der Waals surface area contributed by atoms with E-state index in [1.165, 1.54) is 30.3 Å². The second-order valence-electron chi connectivity index (χ2n) is 5.29. The van der Waals surface area contributed by atoms with E-state index in [9.17, 15) is 23.7 Å². The van der Waals surface area contributed by atoms with Crippen LogP contribution in [0.1, 0.15) is 15.4 Å². The molecule has 3 aromatic rings. The highest BCUT2D eigenvalue weighted by atomic mass is 32.1. The summed E-state index contributed by atoms with van der Waals surface area (Å²) in [6.07, 6.45) is 0. The van der Waals surface area contributed by atoms with Crippen molar-refractivity contribution >= 4 is 28.6 Å². The molecule has 0 radical (unpaired) electrons. The van der Waals surface area contributed by atoms with Gasteiger partial charge in [0.25, 0.3) is 11.6 Å². The van der Waals surface area contributed by atoms with Crippen molar-refractivity contribution in [2.45, 2.75) is 6.92 Å². The number of nitro benzene ring substituents is 1. The number of hydrogen-bond donors (Lipinski definition) is 1. The fourth-order valence-corrected chi connectivity index (χ4v) is 3.31. The fourth-order valence-electron chi connectivity index (χ4n) is 2.30. The van der Waals surface area contributed by atoms with Crippen molar-refractivity contribution in [3.8, 4) is 10.6 Å². The van der Waals surface area contributed by atoms with Crippen LogP contribution in [0.3, 0.4) is 0 Å². The third-order valence-corrected chi connectivity index (χ3v) is 4.67. The van der Waals surface area contributed by atoms with Crippen molar-refractivity contribution in [3.05, 3.63) is 74.8 Å². The Morgan fingerprint density at radius 3 is 2.50 bits per heavy atom. The number of halogens is 2. The molecule has 0 unspecified atom stereocenters. The van der Waals surface area contributed by atoms with Gasteiger partial charge in [-0.2, -0.15) is 0 Å². The zero-order chi connectivity index (χ0) is 18.8. The lowest BCUT2D eigenvalue weighted by molar-refractivity contribution is -0.384. The molecule has 0 fully saturated rings. The minimum atomic E-state index is -0.774. The Hall–Kier alpha value is -3.20. The Bertz CT molecular complexity index is 1000. The quantitative estimate of drug-likeness (QED) is 0.535. The van der Waals surface area contributed by atoms with Gasteiger partial charge < -0.3 is 5.32 Å². The molecule has 0 bridgehead atoms. The van der Waals surface area contributed by atoms with Crippen molar-refractivity contribution in [1.82, 2.24) is 4.98 Å². The average Bonchev–Trinajstić information content (AvgIpc) is 2.96. The number of non-ortho nitro benzene ring substituents is 1. The molecule has 6 nitrogen and oxygen atoms in total. The normalized spacial score (nSPS) is 10.6. The number of nitrogens with one attached hydrogen (secondary N) is 1. The van der Waals surface area contributed by atoms with Crippen LogP contribution in [0.5, 0.6) is 0 Å². The van der Waals surface area contributed by atoms with Crippen LogP contribution in [0.4, 0.5) is 20.2 Å². The number of benzene rings is 2. The first-order chi connectivity index (χ1) is 12.4. The molecule has 26 heavy (non-hydrogen) atoms. The lowest BCUT2D eigenvalue weighted by Gasteiger charge is -2.03. The van der Waals surface area contributed by atoms with Crippen molar-refractivity contribution in [1.29, 1.82) is 0 Å². The predicted octanol–water partition coefficient (Wildman–Crippen LogP) is 4.56. The Labute approximate surface area is 150 Å². The first-order valence-corrected chi connectivity index (χ1v) is 8.16. The minimum Gasteiger partial charge on any atom is -0.321 e. The SMILES string of the molecule is Cc1nc(-c2c(F)cccc2F)sc1C(=O)Nc1cccc([N+](=O)[O-])c1. The molecule has 0 aliphatic carbocycles. The summed E-state index contributed by atoms with van der Waals surface area (Å²) in [5, 5.41) is 13.4. The molecule has 1 amide bonds. The summed E-state index contributed by atoms with van der Waals surface area (Å²) in [5.41, 5.74) is 0.0687. The van der Waals surface area contributed by atoms with Gasteiger partial charge in [-0.1, -0.05) is 12.1 Å². The Morgan fingerprint density at radius 2 is 1.85 bits per heavy atom. The molecule has 2 aromatic carbocycles. The van der Waals surface area contributed by atoms with Crippen LogP contribution >= 0.6 is 11.3 Å². The number of hydrogen-bond acceptors (Lipinski definition) is 5. The molecule has 1 N–H and O–H groups in total. The molecule has 0 saturated heterocycles. The van der Waals surface area contributed by atoms with Gasteiger partial charge in [-0.05, 0) is 25.1 Å². The second kappa shape index (κ2) is 6.96. The first kappa shape index (κ1) is 17.6. The summed E-state index contributed by atoms with van der Waals surface area (Å²) in [6, 6.07) is 8.91. The number of aromatic nitrogens is 1. The predicted molar refractivity (Wildman–Crippen MR) is 93.3 cm³/mol. The monoisotopic (exact) mass is 375 g/mol. The number of carbonyl (C=O) groups is 1. The van der Waals surface area contributed by atoms with E-state index in [1.54, 1.807) is 6.92 Å². The Balaban J connectivity index is 1.91. The van der Waals surface area contributed by atoms with Crippen LogP contribution in [0.15, 0.2) is 42.5 Å². The molecule has 132 valence electrons. The van der Waals surface area contributed by atoms with Crippen LogP contribution in [0.2, 0.25) is 0 Å². The fraction of sp³-hybridized carbons (Fsp3) is 0.0588. The molecule has 1 heterocycles. The van der Waals surface area contributed by atoms with E-state index in [0.29, 0.717) is 5.69 Å². The van der Waals surface area contributed by atoms with Crippen molar-refractivity contribution in [3.63, 3.8) is 0 Å². The average molecular weight is 375 g/mol. The Morgan fingerprint density at radius 1 is 1.19 bits per heavy atom. The molecule has 0 spiro atoms. The van der Waals surface area contributed by atoms with E-state index in [0.717, 1.165) is 23.5 Å². The second-order valence-corrected chi connectivity index (χ2v) is 6.29. The summed E-state index contributed by atoms with van der Waals surface area (Å²) in [4.78, 5) is 26.9. The number of nitro groups is 1. The number of nitrogens with zero attached hydrogens (tertiary/aromatic N) is 2. The van der Waals surface area contributed by atoms with Gasteiger partial charge in [-0.15, -0.1) is 11.3 Å². The number of thiazole rings is 1. The molecule has 0 aliphatic heterocycles. The molecular formula is C17H11F2N3O3S. The zero-order valence-corrected chi connectivity index (χ0v) is 14.1. The van der Waals surface area contributed by atoms with Crippen LogP contribution in [0.25, 0.3) is 10.6 Å². The highest BCUT2D eigenvalue weighted by Crippen LogP contribution is 2.32. The topological polar surface area (TPSA) is 85.1 Å². The highest BCUT2D eigenvalue weighted by molar-refractivity contribution is 7.17. The minimum absolute atomic E-state index is 0.0438. The van der Waals surface area contributed by atoms with Gasteiger partial charge in [0.15, 0.2) is 0 Å². The molecule has 1 aromatic heterocycles. The largest absolute Gasteiger partial charge is 0.321 e. The lowest BCUT2D eigenvalue weighted by Crippen LogP contribution is -2.11. The van der Waals surface area contributed by atoms with Crippen molar-refractivity contribution < 1.29 is 18.5 Å². The number of rotatable bonds is 4. The third-order valence-electron chi connectivity index (χ3n) is 3.49. The molecular weight excluding hydrogens is 364 g/mol. The lowest BCUT2D eigenvalue weighted by atomic mass is 10.2. The molecule has 3 rings (SSSR count). The highest BCUT2D eigenvalue weighted by Gasteiger charge is 2.21. The van der Waals surface area contributed by atoms with Crippen LogP contribution in [0, 0.1) is 28.7 Å². The van der Waals surface area contributed by atoms with E-state index in [1.807, 2.05) is 0 Å². The van der Waals surface area contributed by atoms with Crippen LogP contribution < -0.4 is 5.32 Å². The maximum Gasteiger partial charge on any atom is 0.271 e. The molecule has 0 aliphatic rings. The van der Waals surface area contributed by atoms with Crippen LogP contribution in [-0.2, 0) is 0 Å². The maximum atomic E-state index is 13.9. The van der Waals surface area contributed by atoms with E-state index < -0.39 is 22.5 Å². The van der Waals surface area contributed by atoms with Gasteiger partial charge >= 0.3 is 0 Å². The standard InChI is InChI=1S/C17H11F2N3O3S/c1-9-15(16(23)21-10-4-2-5-11(8-10)22(24)25)26-17(20-9)14-12(18)6-3-7-13(14)19/h2-8H,1H3,(H,21,23). The Kier molecular flexibility index (Phi) is 4.72. The van der Waals surface area contributed by atoms with Gasteiger partial charge in [0.2, 0.25) is 0 Å². The van der Waals surface area contributed by atoms with E-state index >= 15 is 0 Å². The van der Waals surface area contributed by atoms with Gasteiger partial charge in [0, 0.05) is 17.8 Å². The van der Waals surface area contributed by atoms with Crippen LogP contribution in [-0.4, -0.2) is 15.8 Å². The molecule has 0 saturated carbocycles. The van der Waals surface area contributed by atoms with Gasteiger partial charge in [-0.25, -0.2) is 13.8 Å². The number of anilines is 1. The number of carbonyl (C=O) groups excluding carboxylic acids is 1. The van der Waals surface area contributed by atoms with E-state index in [2.05, 4.69) is 10.3 Å². The molecule has 0 atom stereocenters. The van der Waals surface area contributed by atoms with Crippen molar-refractivity contribution in [2.24, 2.45) is 0 Å². The summed E-state index contributed by atoms with van der Waals surface area (Å²) >= 11 is 0.842. The summed E-state index contributed by atoms with van der Waals surface area (Å²) in [5.74, 6) is -2.11. The van der Waals surface area contributed by atoms with E-state index in [-0.39, 0.29) is 26.8 Å². The van der Waals surface area contributed by atoms with Gasteiger partial charge in [0.1, 0.15) is 21.5 Å². The van der Waals surface area contributed by atoms with Gasteiger partial charge in [-0.3, -0.25) is 14.9 Å². The number of aryl methyl sites for hydroxylation is 1. The molecule has 9 heteroatoms. The first-order valence-electron chi connectivity index (χ1n) is 7.34. The number of amides is 1. The van der Waals surface area contributed by atoms with Crippen molar-refractivity contribution in [2.75, 3.05) is 5.32 Å². The van der Waals surface area contributed by atoms with Gasteiger partial charge in [0.05, 0.1) is 16.2 Å². The summed E-state index contributed by atoms with van der Waals surface area (Å²) in [7, 11) is 0. The summed E-state index contributed by atoms with van der Waals surface area (Å²) < 4.78 is 27.8. The summed E-state index contributed by atoms with van der Waals surface area (Å²) in [6.45, 7) is 1.54. The smallest absolute Gasteiger partial charge is 0.271 e. The zero-order valence-electron chi connectivity index (χ0n) is 13.3. The van der Waals surface area contributed by atoms with E-state index in [4.69, 9.17) is 0 Å².